The quantitative estimate of drug-likeness (QED) is 0.226. The van der Waals surface area contributed by atoms with Crippen LogP contribution >= 0.6 is 11.8 Å². The Labute approximate surface area is 179 Å². The molecule has 0 saturated carbocycles. The zero-order valence-corrected chi connectivity index (χ0v) is 16.9. The molecular formula is C24H20N2O3S. The lowest BCUT2D eigenvalue weighted by Crippen LogP contribution is -2.23. The summed E-state index contributed by atoms with van der Waals surface area (Å²) in [6.07, 6.45) is 1.40. The number of thioether (sulfide) groups is 1. The second-order valence-electron chi connectivity index (χ2n) is 6.49. The molecule has 0 bridgehead atoms. The van der Waals surface area contributed by atoms with E-state index in [4.69, 9.17) is 0 Å². The summed E-state index contributed by atoms with van der Waals surface area (Å²) in [5, 5.41) is 32.4. The maximum absolute atomic E-state index is 12.4. The Bertz CT molecular complexity index is 1090. The molecule has 0 aliphatic carbocycles. The highest BCUT2D eigenvalue weighted by molar-refractivity contribution is 7.98. The molecule has 5 nitrogen and oxygen atoms in total. The van der Waals surface area contributed by atoms with Crippen LogP contribution in [0.1, 0.15) is 16.7 Å². The lowest BCUT2D eigenvalue weighted by Gasteiger charge is -2.09. The number of rotatable bonds is 7. The monoisotopic (exact) mass is 416 g/mol. The second-order valence-corrected chi connectivity index (χ2v) is 7.54. The van der Waals surface area contributed by atoms with Crippen molar-refractivity contribution in [2.75, 3.05) is 0 Å². The topological polar surface area (TPSA) is 93.3 Å². The standard InChI is InChI=1S/C24H20N2O3S/c25-14-19(24(29)26-15-17-7-3-1-4-8-17)11-18-12-20(23(28)22(27)13-18)16-30-21-9-5-2-6-10-21/h1-13,27-28H,15-16H2,(H,26,29)/b19-11-. The first-order chi connectivity index (χ1) is 14.6. The Balaban J connectivity index is 1.75. The number of amides is 1. The van der Waals surface area contributed by atoms with E-state index in [2.05, 4.69) is 5.32 Å². The van der Waals surface area contributed by atoms with E-state index in [0.29, 0.717) is 23.4 Å². The molecule has 3 rings (SSSR count). The minimum Gasteiger partial charge on any atom is -0.504 e. The second kappa shape index (κ2) is 10.2. The number of nitriles is 1. The molecular weight excluding hydrogens is 396 g/mol. The summed E-state index contributed by atoms with van der Waals surface area (Å²) in [5.74, 6) is -0.584. The van der Waals surface area contributed by atoms with Gasteiger partial charge in [-0.3, -0.25) is 4.79 Å². The molecule has 0 aliphatic rings. The van der Waals surface area contributed by atoms with E-state index < -0.39 is 5.91 Å². The third-order valence-corrected chi connectivity index (χ3v) is 5.36. The van der Waals surface area contributed by atoms with Crippen LogP contribution in [0.5, 0.6) is 11.5 Å². The Morgan fingerprint density at radius 2 is 1.70 bits per heavy atom. The van der Waals surface area contributed by atoms with Gasteiger partial charge in [0.25, 0.3) is 5.91 Å². The fourth-order valence-corrected chi connectivity index (χ4v) is 3.65. The molecule has 0 saturated heterocycles. The Morgan fingerprint density at radius 3 is 2.37 bits per heavy atom. The van der Waals surface area contributed by atoms with E-state index >= 15 is 0 Å². The van der Waals surface area contributed by atoms with Gasteiger partial charge in [0, 0.05) is 22.8 Å². The average molecular weight is 417 g/mol. The van der Waals surface area contributed by atoms with Gasteiger partial charge >= 0.3 is 0 Å². The van der Waals surface area contributed by atoms with Crippen molar-refractivity contribution >= 4 is 23.7 Å². The molecule has 0 fully saturated rings. The van der Waals surface area contributed by atoms with E-state index in [1.165, 1.54) is 23.9 Å². The number of phenols is 2. The first kappa shape index (κ1) is 21.0. The van der Waals surface area contributed by atoms with Gasteiger partial charge in [0.1, 0.15) is 11.6 Å². The van der Waals surface area contributed by atoms with Crippen LogP contribution in [0.4, 0.5) is 0 Å². The average Bonchev–Trinajstić information content (AvgIpc) is 2.78. The van der Waals surface area contributed by atoms with Crippen LogP contribution < -0.4 is 5.32 Å². The van der Waals surface area contributed by atoms with Crippen LogP contribution in [0.25, 0.3) is 6.08 Å². The summed E-state index contributed by atoms with van der Waals surface area (Å²) < 4.78 is 0. The molecule has 1 amide bonds. The fraction of sp³-hybridized carbons (Fsp3) is 0.0833. The van der Waals surface area contributed by atoms with E-state index in [-0.39, 0.29) is 17.1 Å². The van der Waals surface area contributed by atoms with Crippen molar-refractivity contribution in [1.29, 1.82) is 5.26 Å². The molecule has 0 spiro atoms. The largest absolute Gasteiger partial charge is 0.504 e. The summed E-state index contributed by atoms with van der Waals surface area (Å²) in [5.41, 5.74) is 1.81. The maximum atomic E-state index is 12.4. The van der Waals surface area contributed by atoms with Crippen LogP contribution in [0.2, 0.25) is 0 Å². The highest BCUT2D eigenvalue weighted by Crippen LogP contribution is 2.35. The molecule has 30 heavy (non-hydrogen) atoms. The fourth-order valence-electron chi connectivity index (χ4n) is 2.76. The van der Waals surface area contributed by atoms with E-state index in [0.717, 1.165) is 10.5 Å². The van der Waals surface area contributed by atoms with Crippen molar-refractivity contribution in [3.05, 3.63) is 95.1 Å². The minimum absolute atomic E-state index is 0.0855. The Hall–Kier alpha value is -3.69. The number of hydrogen-bond donors (Lipinski definition) is 3. The smallest absolute Gasteiger partial charge is 0.262 e. The van der Waals surface area contributed by atoms with E-state index in [1.54, 1.807) is 6.07 Å². The minimum atomic E-state index is -0.505. The van der Waals surface area contributed by atoms with Gasteiger partial charge < -0.3 is 15.5 Å². The first-order valence-electron chi connectivity index (χ1n) is 9.23. The van der Waals surface area contributed by atoms with Crippen molar-refractivity contribution < 1.29 is 15.0 Å². The Morgan fingerprint density at radius 1 is 1.03 bits per heavy atom. The highest BCUT2D eigenvalue weighted by Gasteiger charge is 2.13. The van der Waals surface area contributed by atoms with Gasteiger partial charge in [0.05, 0.1) is 0 Å². The normalized spacial score (nSPS) is 11.0. The number of aromatic hydroxyl groups is 2. The van der Waals surface area contributed by atoms with Gasteiger partial charge in [-0.25, -0.2) is 0 Å². The molecule has 3 aromatic rings. The van der Waals surface area contributed by atoms with Gasteiger partial charge in [-0.2, -0.15) is 5.26 Å². The number of phenolic OH excluding ortho intramolecular Hbond substituents is 2. The lowest BCUT2D eigenvalue weighted by atomic mass is 10.1. The molecule has 6 heteroatoms. The lowest BCUT2D eigenvalue weighted by molar-refractivity contribution is -0.117. The van der Waals surface area contributed by atoms with E-state index in [1.807, 2.05) is 66.7 Å². The van der Waals surface area contributed by atoms with Crippen LogP contribution in [-0.4, -0.2) is 16.1 Å². The molecule has 0 aromatic heterocycles. The summed E-state index contributed by atoms with van der Waals surface area (Å²) >= 11 is 1.51. The summed E-state index contributed by atoms with van der Waals surface area (Å²) in [7, 11) is 0. The summed E-state index contributed by atoms with van der Waals surface area (Å²) in [6.45, 7) is 0.304. The number of nitrogens with one attached hydrogen (secondary N) is 1. The highest BCUT2D eigenvalue weighted by atomic mass is 32.2. The molecule has 150 valence electrons. The Kier molecular flexibility index (Phi) is 7.14. The third-order valence-electron chi connectivity index (χ3n) is 4.30. The van der Waals surface area contributed by atoms with E-state index in [9.17, 15) is 20.3 Å². The van der Waals surface area contributed by atoms with Crippen molar-refractivity contribution in [2.45, 2.75) is 17.2 Å². The first-order valence-corrected chi connectivity index (χ1v) is 10.2. The van der Waals surface area contributed by atoms with Gasteiger partial charge in [0.15, 0.2) is 11.5 Å². The predicted octanol–water partition coefficient (Wildman–Crippen LogP) is 4.61. The number of carbonyl (C=O) groups excluding carboxylic acids is 1. The molecule has 0 heterocycles. The molecule has 0 radical (unpaired) electrons. The number of hydrogen-bond acceptors (Lipinski definition) is 5. The zero-order chi connectivity index (χ0) is 21.3. The summed E-state index contributed by atoms with van der Waals surface area (Å²) in [6, 6.07) is 23.9. The van der Waals surface area contributed by atoms with Crippen LogP contribution in [0.15, 0.2) is 83.3 Å². The molecule has 3 N–H and O–H groups in total. The van der Waals surface area contributed by atoms with Gasteiger partial charge in [-0.1, -0.05) is 48.5 Å². The van der Waals surface area contributed by atoms with Gasteiger partial charge in [-0.15, -0.1) is 11.8 Å². The van der Waals surface area contributed by atoms with Crippen LogP contribution in [0, 0.1) is 11.3 Å². The summed E-state index contributed by atoms with van der Waals surface area (Å²) in [4.78, 5) is 13.4. The number of carbonyl (C=O) groups is 1. The predicted molar refractivity (Wildman–Crippen MR) is 118 cm³/mol. The molecule has 3 aromatic carbocycles. The van der Waals surface area contributed by atoms with Gasteiger partial charge in [0.2, 0.25) is 0 Å². The maximum Gasteiger partial charge on any atom is 0.262 e. The van der Waals surface area contributed by atoms with Crippen LogP contribution in [0.3, 0.4) is 0 Å². The van der Waals surface area contributed by atoms with Crippen molar-refractivity contribution in [2.24, 2.45) is 0 Å². The van der Waals surface area contributed by atoms with Crippen molar-refractivity contribution in [1.82, 2.24) is 5.32 Å². The molecule has 0 unspecified atom stereocenters. The molecule has 0 atom stereocenters. The number of benzene rings is 3. The number of nitrogens with zero attached hydrogens (tertiary/aromatic N) is 1. The van der Waals surface area contributed by atoms with Gasteiger partial charge in [-0.05, 0) is 41.5 Å². The molecule has 0 aliphatic heterocycles. The SMILES string of the molecule is N#C/C(=C/c1cc(O)c(O)c(CSc2ccccc2)c1)C(=O)NCc1ccccc1. The zero-order valence-electron chi connectivity index (χ0n) is 16.1. The third kappa shape index (κ3) is 5.66. The van der Waals surface area contributed by atoms with Crippen LogP contribution in [-0.2, 0) is 17.1 Å². The van der Waals surface area contributed by atoms with Crippen molar-refractivity contribution in [3.8, 4) is 17.6 Å². The van der Waals surface area contributed by atoms with Crippen molar-refractivity contribution in [3.63, 3.8) is 0 Å².